The number of carbonyl (C=O) groups is 1. The van der Waals surface area contributed by atoms with Crippen molar-refractivity contribution in [3.05, 3.63) is 28.2 Å². The lowest BCUT2D eigenvalue weighted by Gasteiger charge is -2.36. The molecule has 0 spiro atoms. The van der Waals surface area contributed by atoms with Gasteiger partial charge in [-0.2, -0.15) is 0 Å². The molecule has 2 aromatic rings. The molecule has 0 unspecified atom stereocenters. The fourth-order valence-electron chi connectivity index (χ4n) is 2.93. The molecule has 1 aliphatic heterocycles. The standard InChI is InChI=1S/C17H24N6OS/c1-5-18-17-21-13(4)14(25-17)16(24)23-8-6-22(7-9-23)15-11(2)12(3)19-10-20-15/h10H,5-9H2,1-4H3,(H,18,21). The molecule has 0 radical (unpaired) electrons. The van der Waals surface area contributed by atoms with Gasteiger partial charge in [-0.15, -0.1) is 0 Å². The lowest BCUT2D eigenvalue weighted by molar-refractivity contribution is 0.0750. The second kappa shape index (κ2) is 7.35. The van der Waals surface area contributed by atoms with E-state index in [1.54, 1.807) is 6.33 Å². The van der Waals surface area contributed by atoms with Gasteiger partial charge in [-0.3, -0.25) is 4.79 Å². The molecule has 1 N–H and O–H groups in total. The van der Waals surface area contributed by atoms with Gasteiger partial charge in [0.1, 0.15) is 17.0 Å². The first-order chi connectivity index (χ1) is 12.0. The van der Waals surface area contributed by atoms with Gasteiger partial charge in [-0.1, -0.05) is 11.3 Å². The van der Waals surface area contributed by atoms with Gasteiger partial charge in [0.25, 0.3) is 5.91 Å². The number of rotatable bonds is 4. The van der Waals surface area contributed by atoms with E-state index in [0.717, 1.165) is 52.4 Å². The van der Waals surface area contributed by atoms with Crippen molar-refractivity contribution < 1.29 is 4.79 Å². The molecule has 3 rings (SSSR count). The van der Waals surface area contributed by atoms with E-state index in [1.807, 2.05) is 32.6 Å². The van der Waals surface area contributed by atoms with E-state index >= 15 is 0 Å². The van der Waals surface area contributed by atoms with Crippen LogP contribution in [-0.2, 0) is 0 Å². The first-order valence-electron chi connectivity index (χ1n) is 8.55. The molecule has 1 saturated heterocycles. The summed E-state index contributed by atoms with van der Waals surface area (Å²) in [5.41, 5.74) is 2.91. The normalized spacial score (nSPS) is 14.7. The maximum atomic E-state index is 12.8. The Bertz CT molecular complexity index is 766. The maximum Gasteiger partial charge on any atom is 0.266 e. The van der Waals surface area contributed by atoms with Crippen molar-refractivity contribution in [1.29, 1.82) is 0 Å². The zero-order chi connectivity index (χ0) is 18.0. The minimum Gasteiger partial charge on any atom is -0.362 e. The van der Waals surface area contributed by atoms with Crippen LogP contribution in [0.25, 0.3) is 0 Å². The number of aryl methyl sites for hydroxylation is 2. The van der Waals surface area contributed by atoms with Crippen LogP contribution in [0.2, 0.25) is 0 Å². The molecule has 1 fully saturated rings. The van der Waals surface area contributed by atoms with Gasteiger partial charge < -0.3 is 15.1 Å². The van der Waals surface area contributed by atoms with E-state index in [2.05, 4.69) is 25.2 Å². The van der Waals surface area contributed by atoms with Crippen LogP contribution in [0.3, 0.4) is 0 Å². The Labute approximate surface area is 152 Å². The summed E-state index contributed by atoms with van der Waals surface area (Å²) in [5.74, 6) is 1.05. The van der Waals surface area contributed by atoms with E-state index < -0.39 is 0 Å². The second-order valence-electron chi connectivity index (χ2n) is 6.15. The number of nitrogens with zero attached hydrogens (tertiary/aromatic N) is 5. The van der Waals surface area contributed by atoms with Crippen molar-refractivity contribution in [3.8, 4) is 0 Å². The number of hydrogen-bond donors (Lipinski definition) is 1. The summed E-state index contributed by atoms with van der Waals surface area (Å²) in [6.07, 6.45) is 1.61. The van der Waals surface area contributed by atoms with Crippen LogP contribution in [0.1, 0.15) is 33.5 Å². The van der Waals surface area contributed by atoms with E-state index in [1.165, 1.54) is 11.3 Å². The van der Waals surface area contributed by atoms with Crippen LogP contribution in [0.4, 0.5) is 10.9 Å². The topological polar surface area (TPSA) is 74.2 Å². The van der Waals surface area contributed by atoms with Gasteiger partial charge in [-0.05, 0) is 27.7 Å². The van der Waals surface area contributed by atoms with Crippen LogP contribution in [0, 0.1) is 20.8 Å². The lowest BCUT2D eigenvalue weighted by Crippen LogP contribution is -2.49. The van der Waals surface area contributed by atoms with Crippen molar-refractivity contribution in [1.82, 2.24) is 19.9 Å². The molecule has 1 amide bonds. The van der Waals surface area contributed by atoms with Gasteiger partial charge >= 0.3 is 0 Å². The number of piperazine rings is 1. The number of thiazole rings is 1. The first-order valence-corrected chi connectivity index (χ1v) is 9.36. The highest BCUT2D eigenvalue weighted by atomic mass is 32.1. The number of anilines is 2. The van der Waals surface area contributed by atoms with Gasteiger partial charge in [0.15, 0.2) is 5.13 Å². The van der Waals surface area contributed by atoms with Crippen molar-refractivity contribution in [2.75, 3.05) is 42.9 Å². The Hall–Kier alpha value is -2.22. The monoisotopic (exact) mass is 360 g/mol. The molecule has 2 aromatic heterocycles. The SMILES string of the molecule is CCNc1nc(C)c(C(=O)N2CCN(c3ncnc(C)c3C)CC2)s1. The maximum absolute atomic E-state index is 12.8. The smallest absolute Gasteiger partial charge is 0.266 e. The number of amides is 1. The summed E-state index contributed by atoms with van der Waals surface area (Å²) in [4.78, 5) is 30.8. The van der Waals surface area contributed by atoms with E-state index in [0.29, 0.717) is 13.1 Å². The average molecular weight is 360 g/mol. The third-order valence-electron chi connectivity index (χ3n) is 4.49. The van der Waals surface area contributed by atoms with Crippen LogP contribution in [0.5, 0.6) is 0 Å². The molecule has 0 atom stereocenters. The Kier molecular flexibility index (Phi) is 5.17. The fraction of sp³-hybridized carbons (Fsp3) is 0.529. The second-order valence-corrected chi connectivity index (χ2v) is 7.15. The number of carbonyl (C=O) groups excluding carboxylic acids is 1. The zero-order valence-electron chi connectivity index (χ0n) is 15.2. The minimum absolute atomic E-state index is 0.0781. The Morgan fingerprint density at radius 3 is 2.56 bits per heavy atom. The highest BCUT2D eigenvalue weighted by Crippen LogP contribution is 2.25. The van der Waals surface area contributed by atoms with E-state index in [9.17, 15) is 4.79 Å². The third-order valence-corrected chi connectivity index (χ3v) is 5.60. The van der Waals surface area contributed by atoms with E-state index in [4.69, 9.17) is 0 Å². The minimum atomic E-state index is 0.0781. The van der Waals surface area contributed by atoms with Crippen molar-refractivity contribution in [2.45, 2.75) is 27.7 Å². The number of hydrogen-bond acceptors (Lipinski definition) is 7. The summed E-state index contributed by atoms with van der Waals surface area (Å²) in [6.45, 7) is 11.7. The summed E-state index contributed by atoms with van der Waals surface area (Å²) >= 11 is 1.44. The Balaban J connectivity index is 1.68. The quantitative estimate of drug-likeness (QED) is 0.901. The highest BCUT2D eigenvalue weighted by molar-refractivity contribution is 7.17. The molecule has 0 aliphatic carbocycles. The van der Waals surface area contributed by atoms with Crippen LogP contribution >= 0.6 is 11.3 Å². The van der Waals surface area contributed by atoms with Crippen LogP contribution < -0.4 is 10.2 Å². The van der Waals surface area contributed by atoms with Gasteiger partial charge in [0, 0.05) is 44.0 Å². The molecule has 0 saturated carbocycles. The molecule has 0 bridgehead atoms. The molecular formula is C17H24N6OS. The van der Waals surface area contributed by atoms with Gasteiger partial charge in [0.05, 0.1) is 5.69 Å². The predicted octanol–water partition coefficient (Wildman–Crippen LogP) is 2.25. The van der Waals surface area contributed by atoms with Crippen LogP contribution in [-0.4, -0.2) is 58.5 Å². The molecule has 3 heterocycles. The largest absolute Gasteiger partial charge is 0.362 e. The molecule has 7 nitrogen and oxygen atoms in total. The van der Waals surface area contributed by atoms with Crippen LogP contribution in [0.15, 0.2) is 6.33 Å². The zero-order valence-corrected chi connectivity index (χ0v) is 16.0. The summed E-state index contributed by atoms with van der Waals surface area (Å²) in [7, 11) is 0. The van der Waals surface area contributed by atoms with Gasteiger partial charge in [0.2, 0.25) is 0 Å². The third kappa shape index (κ3) is 3.58. The molecule has 0 aromatic carbocycles. The molecular weight excluding hydrogens is 336 g/mol. The fourth-order valence-corrected chi connectivity index (χ4v) is 3.93. The van der Waals surface area contributed by atoms with E-state index in [-0.39, 0.29) is 5.91 Å². The number of aromatic nitrogens is 3. The summed E-state index contributed by atoms with van der Waals surface area (Å²) < 4.78 is 0. The number of nitrogens with one attached hydrogen (secondary N) is 1. The Morgan fingerprint density at radius 2 is 1.88 bits per heavy atom. The molecule has 1 aliphatic rings. The Morgan fingerprint density at radius 1 is 1.16 bits per heavy atom. The summed E-state index contributed by atoms with van der Waals surface area (Å²) in [5, 5.41) is 3.99. The molecule has 8 heteroatoms. The summed E-state index contributed by atoms with van der Waals surface area (Å²) in [6, 6.07) is 0. The van der Waals surface area contributed by atoms with Crippen molar-refractivity contribution in [2.24, 2.45) is 0 Å². The molecule has 25 heavy (non-hydrogen) atoms. The molecule has 134 valence electrons. The predicted molar refractivity (Wildman–Crippen MR) is 101 cm³/mol. The first kappa shape index (κ1) is 17.6. The van der Waals surface area contributed by atoms with Gasteiger partial charge in [-0.25, -0.2) is 15.0 Å². The van der Waals surface area contributed by atoms with Crippen molar-refractivity contribution >= 4 is 28.2 Å². The van der Waals surface area contributed by atoms with Crippen molar-refractivity contribution in [3.63, 3.8) is 0 Å². The lowest BCUT2D eigenvalue weighted by atomic mass is 10.2. The average Bonchev–Trinajstić information content (AvgIpc) is 2.98. The highest BCUT2D eigenvalue weighted by Gasteiger charge is 2.26.